The topological polar surface area (TPSA) is 78.9 Å². The van der Waals surface area contributed by atoms with E-state index in [1.807, 2.05) is 0 Å². The first-order valence-electron chi connectivity index (χ1n) is 22.5. The van der Waals surface area contributed by atoms with E-state index in [-0.39, 0.29) is 31.1 Å². The van der Waals surface area contributed by atoms with Gasteiger partial charge in [0.25, 0.3) is 0 Å². The normalized spacial score (nSPS) is 12.3. The summed E-state index contributed by atoms with van der Waals surface area (Å²) < 4.78 is 16.6. The fourth-order valence-corrected chi connectivity index (χ4v) is 6.21. The Morgan fingerprint density at radius 1 is 0.377 bits per heavy atom. The molecule has 0 spiro atoms. The van der Waals surface area contributed by atoms with Crippen molar-refractivity contribution in [1.82, 2.24) is 0 Å². The predicted molar refractivity (Wildman–Crippen MR) is 224 cm³/mol. The molecule has 0 amide bonds. The molecule has 6 nitrogen and oxygen atoms in total. The molecule has 0 aliphatic carbocycles. The zero-order valence-electron chi connectivity index (χ0n) is 35.0. The Hall–Kier alpha value is -2.37. The Morgan fingerprint density at radius 3 is 1.09 bits per heavy atom. The van der Waals surface area contributed by atoms with E-state index in [9.17, 15) is 14.4 Å². The second kappa shape index (κ2) is 42.4. The Morgan fingerprint density at radius 2 is 0.679 bits per heavy atom. The van der Waals surface area contributed by atoms with Gasteiger partial charge in [0, 0.05) is 19.3 Å². The largest absolute Gasteiger partial charge is 0.462 e. The van der Waals surface area contributed by atoms with E-state index in [4.69, 9.17) is 14.2 Å². The minimum atomic E-state index is -0.768. The highest BCUT2D eigenvalue weighted by Gasteiger charge is 2.19. The third kappa shape index (κ3) is 40.6. The summed E-state index contributed by atoms with van der Waals surface area (Å²) in [6.07, 6.45) is 47.1. The van der Waals surface area contributed by atoms with E-state index >= 15 is 0 Å². The van der Waals surface area contributed by atoms with Crippen LogP contribution in [0.1, 0.15) is 226 Å². The number of hydrogen-bond acceptors (Lipinski definition) is 6. The van der Waals surface area contributed by atoms with E-state index < -0.39 is 6.10 Å². The highest BCUT2D eigenvalue weighted by atomic mass is 16.6. The van der Waals surface area contributed by atoms with Crippen LogP contribution in [0.2, 0.25) is 0 Å². The maximum Gasteiger partial charge on any atom is 0.306 e. The SMILES string of the molecule is CCCCC/C=C\C/C=C\C/C=C\CCCCCCCCC(=O)OCC(COC(=O)CCCCCCCCCC)OC(=O)CCCCCCCCCC. The Labute approximate surface area is 327 Å². The summed E-state index contributed by atoms with van der Waals surface area (Å²) in [5.41, 5.74) is 0. The van der Waals surface area contributed by atoms with Crippen molar-refractivity contribution in [3.63, 3.8) is 0 Å². The average Bonchev–Trinajstić information content (AvgIpc) is 3.15. The first kappa shape index (κ1) is 50.6. The summed E-state index contributed by atoms with van der Waals surface area (Å²) >= 11 is 0. The number of carbonyl (C=O) groups is 3. The van der Waals surface area contributed by atoms with E-state index in [1.165, 1.54) is 109 Å². The lowest BCUT2D eigenvalue weighted by Crippen LogP contribution is -2.30. The first-order valence-corrected chi connectivity index (χ1v) is 22.5. The molecule has 308 valence electrons. The molecular formula is C47H84O6. The van der Waals surface area contributed by atoms with Gasteiger partial charge in [-0.05, 0) is 57.8 Å². The van der Waals surface area contributed by atoms with Crippen LogP contribution in [0.4, 0.5) is 0 Å². The van der Waals surface area contributed by atoms with E-state index in [2.05, 4.69) is 57.2 Å². The highest BCUT2D eigenvalue weighted by molar-refractivity contribution is 5.71. The summed E-state index contributed by atoms with van der Waals surface area (Å²) in [5, 5.41) is 0. The van der Waals surface area contributed by atoms with Crippen LogP contribution in [-0.2, 0) is 28.6 Å². The number of esters is 3. The summed E-state index contributed by atoms with van der Waals surface area (Å²) in [4.78, 5) is 37.5. The van der Waals surface area contributed by atoms with Crippen molar-refractivity contribution in [2.24, 2.45) is 0 Å². The summed E-state index contributed by atoms with van der Waals surface area (Å²) in [5.74, 6) is -0.895. The van der Waals surface area contributed by atoms with E-state index in [1.54, 1.807) is 0 Å². The lowest BCUT2D eigenvalue weighted by atomic mass is 10.1. The number of unbranched alkanes of at least 4 members (excludes halogenated alkanes) is 23. The summed E-state index contributed by atoms with van der Waals surface area (Å²) in [6.45, 7) is 6.53. The van der Waals surface area contributed by atoms with Gasteiger partial charge in [0.05, 0.1) is 0 Å². The monoisotopic (exact) mass is 745 g/mol. The fraction of sp³-hybridized carbons (Fsp3) is 0.809. The van der Waals surface area contributed by atoms with Crippen LogP contribution in [0.3, 0.4) is 0 Å². The van der Waals surface area contributed by atoms with Crippen molar-refractivity contribution >= 4 is 17.9 Å². The van der Waals surface area contributed by atoms with Crippen LogP contribution in [0.25, 0.3) is 0 Å². The lowest BCUT2D eigenvalue weighted by Gasteiger charge is -2.18. The average molecular weight is 745 g/mol. The van der Waals surface area contributed by atoms with Crippen molar-refractivity contribution in [1.29, 1.82) is 0 Å². The quantitative estimate of drug-likeness (QED) is 0.0269. The van der Waals surface area contributed by atoms with Gasteiger partial charge < -0.3 is 14.2 Å². The predicted octanol–water partition coefficient (Wildman–Crippen LogP) is 14.2. The molecule has 6 heteroatoms. The van der Waals surface area contributed by atoms with Gasteiger partial charge in [-0.1, -0.05) is 186 Å². The smallest absolute Gasteiger partial charge is 0.306 e. The number of hydrogen-bond donors (Lipinski definition) is 0. The molecule has 0 aromatic heterocycles. The molecule has 0 radical (unpaired) electrons. The molecule has 0 fully saturated rings. The number of allylic oxidation sites excluding steroid dienone is 6. The lowest BCUT2D eigenvalue weighted by molar-refractivity contribution is -0.167. The molecule has 0 rings (SSSR count). The standard InChI is InChI=1S/C47H84O6/c1-4-7-10-13-16-19-20-21-22-23-24-25-26-27-28-29-32-34-37-40-46(49)52-43-44(53-47(50)41-38-35-31-18-15-12-9-6-3)42-51-45(48)39-36-33-30-17-14-11-8-5-2/h16,19,21-22,24-25,44H,4-15,17-18,20,23,26-43H2,1-3H3/b19-16-,22-21-,25-24-. The molecule has 0 N–H and O–H groups in total. The Bertz CT molecular complexity index is 907. The maximum absolute atomic E-state index is 12.6. The van der Waals surface area contributed by atoms with Crippen molar-refractivity contribution in [2.75, 3.05) is 13.2 Å². The van der Waals surface area contributed by atoms with Crippen LogP contribution in [-0.4, -0.2) is 37.2 Å². The number of ether oxygens (including phenoxy) is 3. The van der Waals surface area contributed by atoms with Gasteiger partial charge in [0.1, 0.15) is 13.2 Å². The third-order valence-corrected chi connectivity index (χ3v) is 9.65. The zero-order chi connectivity index (χ0) is 38.7. The Balaban J connectivity index is 4.24. The molecule has 53 heavy (non-hydrogen) atoms. The summed E-state index contributed by atoms with van der Waals surface area (Å²) in [6, 6.07) is 0. The van der Waals surface area contributed by atoms with E-state index in [0.29, 0.717) is 19.3 Å². The molecule has 0 saturated carbocycles. The van der Waals surface area contributed by atoms with Crippen LogP contribution in [0.5, 0.6) is 0 Å². The van der Waals surface area contributed by atoms with Crippen LogP contribution in [0.15, 0.2) is 36.5 Å². The minimum absolute atomic E-state index is 0.0744. The second-order valence-corrected chi connectivity index (χ2v) is 15.0. The number of carbonyl (C=O) groups excluding carboxylic acids is 3. The molecule has 0 aliphatic heterocycles. The van der Waals surface area contributed by atoms with Crippen molar-refractivity contribution in [2.45, 2.75) is 232 Å². The van der Waals surface area contributed by atoms with E-state index in [0.717, 1.165) is 77.0 Å². The van der Waals surface area contributed by atoms with Crippen molar-refractivity contribution in [3.05, 3.63) is 36.5 Å². The van der Waals surface area contributed by atoms with Crippen LogP contribution >= 0.6 is 0 Å². The minimum Gasteiger partial charge on any atom is -0.462 e. The molecular weight excluding hydrogens is 661 g/mol. The molecule has 0 aromatic carbocycles. The first-order chi connectivity index (χ1) is 26.0. The van der Waals surface area contributed by atoms with Gasteiger partial charge in [-0.25, -0.2) is 0 Å². The van der Waals surface area contributed by atoms with Crippen LogP contribution < -0.4 is 0 Å². The molecule has 0 heterocycles. The summed E-state index contributed by atoms with van der Waals surface area (Å²) in [7, 11) is 0. The molecule has 1 unspecified atom stereocenters. The van der Waals surface area contributed by atoms with Gasteiger partial charge in [-0.2, -0.15) is 0 Å². The van der Waals surface area contributed by atoms with Gasteiger partial charge in [-0.15, -0.1) is 0 Å². The number of rotatable bonds is 40. The van der Waals surface area contributed by atoms with Crippen LogP contribution in [0, 0.1) is 0 Å². The molecule has 0 bridgehead atoms. The zero-order valence-corrected chi connectivity index (χ0v) is 35.0. The second-order valence-electron chi connectivity index (χ2n) is 15.0. The highest BCUT2D eigenvalue weighted by Crippen LogP contribution is 2.14. The third-order valence-electron chi connectivity index (χ3n) is 9.65. The molecule has 0 saturated heterocycles. The van der Waals surface area contributed by atoms with Gasteiger partial charge in [-0.3, -0.25) is 14.4 Å². The molecule has 1 atom stereocenters. The molecule has 0 aliphatic rings. The Kier molecular flexibility index (Phi) is 40.5. The maximum atomic E-state index is 12.6. The van der Waals surface area contributed by atoms with Crippen molar-refractivity contribution < 1.29 is 28.6 Å². The fourth-order valence-electron chi connectivity index (χ4n) is 6.21. The van der Waals surface area contributed by atoms with Gasteiger partial charge in [0.2, 0.25) is 0 Å². The molecule has 0 aromatic rings. The van der Waals surface area contributed by atoms with Crippen molar-refractivity contribution in [3.8, 4) is 0 Å². The van der Waals surface area contributed by atoms with Gasteiger partial charge >= 0.3 is 17.9 Å². The van der Waals surface area contributed by atoms with Gasteiger partial charge in [0.15, 0.2) is 6.10 Å².